The molecule has 0 unspecified atom stereocenters. The lowest BCUT2D eigenvalue weighted by Gasteiger charge is -2.28. The van der Waals surface area contributed by atoms with E-state index >= 15 is 0 Å². The van der Waals surface area contributed by atoms with Crippen LogP contribution in [0.15, 0.2) is 24.3 Å². The monoisotopic (exact) mass is 345 g/mol. The lowest BCUT2D eigenvalue weighted by atomic mass is 10.1. The summed E-state index contributed by atoms with van der Waals surface area (Å²) in [6, 6.07) is 8.09. The molecule has 1 atom stereocenters. The van der Waals surface area contributed by atoms with E-state index in [2.05, 4.69) is 16.3 Å². The fourth-order valence-electron chi connectivity index (χ4n) is 3.41. The Labute approximate surface area is 149 Å². The van der Waals surface area contributed by atoms with Gasteiger partial charge in [0.05, 0.1) is 19.1 Å². The maximum absolute atomic E-state index is 12.4. The summed E-state index contributed by atoms with van der Waals surface area (Å²) in [6.45, 7) is 7.99. The molecule has 1 aromatic carbocycles. The molecule has 0 saturated carbocycles. The zero-order valence-corrected chi connectivity index (χ0v) is 14.9. The Kier molecular flexibility index (Phi) is 6.04. The Hall–Kier alpha value is -1.92. The number of rotatable bonds is 6. The molecule has 0 aromatic heterocycles. The van der Waals surface area contributed by atoms with Crippen LogP contribution in [0, 0.1) is 12.8 Å². The molecule has 0 bridgehead atoms. The van der Waals surface area contributed by atoms with Gasteiger partial charge in [0.25, 0.3) is 0 Å². The molecule has 3 rings (SSSR count). The number of nitrogens with one attached hydrogen (secondary N) is 1. The molecular formula is C19H27N3O3. The van der Waals surface area contributed by atoms with Crippen molar-refractivity contribution in [1.82, 2.24) is 15.1 Å². The van der Waals surface area contributed by atoms with Crippen molar-refractivity contribution in [2.75, 3.05) is 45.9 Å². The number of hydrogen-bond donors (Lipinski definition) is 1. The minimum atomic E-state index is -0.234. The van der Waals surface area contributed by atoms with Crippen molar-refractivity contribution in [2.45, 2.75) is 19.9 Å². The van der Waals surface area contributed by atoms with Crippen molar-refractivity contribution in [3.8, 4) is 0 Å². The minimum Gasteiger partial charge on any atom is -0.379 e. The van der Waals surface area contributed by atoms with Crippen LogP contribution in [0.4, 0.5) is 0 Å². The van der Waals surface area contributed by atoms with E-state index < -0.39 is 0 Å². The van der Waals surface area contributed by atoms with E-state index in [-0.39, 0.29) is 17.7 Å². The quantitative estimate of drug-likeness (QED) is 0.828. The number of carbonyl (C=O) groups excluding carboxylic acids is 2. The Morgan fingerprint density at radius 1 is 1.28 bits per heavy atom. The van der Waals surface area contributed by atoms with Crippen LogP contribution in [0.25, 0.3) is 0 Å². The van der Waals surface area contributed by atoms with E-state index in [1.807, 2.05) is 30.0 Å². The Morgan fingerprint density at radius 2 is 2.08 bits per heavy atom. The molecule has 2 heterocycles. The van der Waals surface area contributed by atoms with Crippen LogP contribution in [0.5, 0.6) is 0 Å². The van der Waals surface area contributed by atoms with E-state index in [4.69, 9.17) is 4.74 Å². The molecule has 2 aliphatic rings. The van der Waals surface area contributed by atoms with E-state index in [0.29, 0.717) is 26.1 Å². The molecule has 0 spiro atoms. The summed E-state index contributed by atoms with van der Waals surface area (Å²) in [5.74, 6) is -0.172. The summed E-state index contributed by atoms with van der Waals surface area (Å²) < 4.78 is 5.34. The third kappa shape index (κ3) is 5.03. The SMILES string of the molecule is Cc1cccc(CNC(=O)[C@@H]2CC(=O)N(CCN3CCOCC3)C2)c1. The number of likely N-dealkylation sites (tertiary alicyclic amines) is 1. The van der Waals surface area contributed by atoms with Crippen molar-refractivity contribution < 1.29 is 14.3 Å². The normalized spacial score (nSPS) is 21.6. The predicted molar refractivity (Wildman–Crippen MR) is 95.0 cm³/mol. The largest absolute Gasteiger partial charge is 0.379 e. The number of benzene rings is 1. The van der Waals surface area contributed by atoms with Crippen LogP contribution >= 0.6 is 0 Å². The predicted octanol–water partition coefficient (Wildman–Crippen LogP) is 0.792. The highest BCUT2D eigenvalue weighted by Crippen LogP contribution is 2.18. The second kappa shape index (κ2) is 8.45. The van der Waals surface area contributed by atoms with Gasteiger partial charge in [-0.25, -0.2) is 0 Å². The molecule has 0 radical (unpaired) electrons. The van der Waals surface area contributed by atoms with Crippen LogP contribution in [-0.4, -0.2) is 67.6 Å². The standard InChI is InChI=1S/C19H27N3O3/c1-15-3-2-4-16(11-15)13-20-19(24)17-12-18(23)22(14-17)6-5-21-7-9-25-10-8-21/h2-4,11,17H,5-10,12-14H2,1H3,(H,20,24)/t17-/m1/s1. The summed E-state index contributed by atoms with van der Waals surface area (Å²) in [6.07, 6.45) is 0.322. The zero-order valence-electron chi connectivity index (χ0n) is 14.9. The number of ether oxygens (including phenoxy) is 1. The first-order valence-electron chi connectivity index (χ1n) is 9.03. The molecule has 25 heavy (non-hydrogen) atoms. The van der Waals surface area contributed by atoms with Crippen molar-refractivity contribution in [3.05, 3.63) is 35.4 Å². The van der Waals surface area contributed by atoms with Gasteiger partial charge < -0.3 is 15.0 Å². The molecule has 2 fully saturated rings. The van der Waals surface area contributed by atoms with E-state index in [9.17, 15) is 9.59 Å². The Bertz CT molecular complexity index is 614. The van der Waals surface area contributed by atoms with E-state index in [1.54, 1.807) is 0 Å². The van der Waals surface area contributed by atoms with Gasteiger partial charge in [0.2, 0.25) is 11.8 Å². The summed E-state index contributed by atoms with van der Waals surface area (Å²) >= 11 is 0. The van der Waals surface area contributed by atoms with Crippen LogP contribution in [0.2, 0.25) is 0 Å². The number of nitrogens with zero attached hydrogens (tertiary/aromatic N) is 2. The summed E-state index contributed by atoms with van der Waals surface area (Å²) in [5, 5.41) is 2.97. The van der Waals surface area contributed by atoms with Crippen LogP contribution < -0.4 is 5.32 Å². The number of amides is 2. The Balaban J connectivity index is 1.43. The third-order valence-electron chi connectivity index (χ3n) is 4.92. The second-order valence-corrected chi connectivity index (χ2v) is 6.90. The molecule has 2 saturated heterocycles. The van der Waals surface area contributed by atoms with Gasteiger partial charge in [-0.3, -0.25) is 14.5 Å². The average molecular weight is 345 g/mol. The first kappa shape index (κ1) is 17.9. The maximum atomic E-state index is 12.4. The molecule has 136 valence electrons. The van der Waals surface area contributed by atoms with Crippen molar-refractivity contribution in [2.24, 2.45) is 5.92 Å². The average Bonchev–Trinajstić information content (AvgIpc) is 3.00. The first-order chi connectivity index (χ1) is 12.1. The third-order valence-corrected chi connectivity index (χ3v) is 4.92. The smallest absolute Gasteiger partial charge is 0.225 e. The maximum Gasteiger partial charge on any atom is 0.225 e. The molecule has 1 N–H and O–H groups in total. The van der Waals surface area contributed by atoms with Gasteiger partial charge in [-0.1, -0.05) is 29.8 Å². The Morgan fingerprint density at radius 3 is 2.84 bits per heavy atom. The number of hydrogen-bond acceptors (Lipinski definition) is 4. The number of carbonyl (C=O) groups is 2. The van der Waals surface area contributed by atoms with Gasteiger partial charge in [-0.2, -0.15) is 0 Å². The minimum absolute atomic E-state index is 0.0243. The van der Waals surface area contributed by atoms with Gasteiger partial charge in [0.1, 0.15) is 0 Å². The van der Waals surface area contributed by atoms with Crippen molar-refractivity contribution in [3.63, 3.8) is 0 Å². The van der Waals surface area contributed by atoms with Gasteiger partial charge in [0.15, 0.2) is 0 Å². The van der Waals surface area contributed by atoms with E-state index in [0.717, 1.165) is 38.4 Å². The van der Waals surface area contributed by atoms with Crippen LogP contribution in [0.1, 0.15) is 17.5 Å². The highest BCUT2D eigenvalue weighted by Gasteiger charge is 2.34. The fraction of sp³-hybridized carbons (Fsp3) is 0.579. The van der Waals surface area contributed by atoms with Gasteiger partial charge in [-0.15, -0.1) is 0 Å². The molecule has 0 aliphatic carbocycles. The van der Waals surface area contributed by atoms with Crippen molar-refractivity contribution in [1.29, 1.82) is 0 Å². The molecular weight excluding hydrogens is 318 g/mol. The van der Waals surface area contributed by atoms with Gasteiger partial charge in [-0.05, 0) is 12.5 Å². The lowest BCUT2D eigenvalue weighted by molar-refractivity contribution is -0.129. The fourth-order valence-corrected chi connectivity index (χ4v) is 3.41. The van der Waals surface area contributed by atoms with Gasteiger partial charge in [0, 0.05) is 45.7 Å². The molecule has 6 heteroatoms. The number of morpholine rings is 1. The highest BCUT2D eigenvalue weighted by atomic mass is 16.5. The van der Waals surface area contributed by atoms with Gasteiger partial charge >= 0.3 is 0 Å². The van der Waals surface area contributed by atoms with Crippen molar-refractivity contribution >= 4 is 11.8 Å². The summed E-state index contributed by atoms with van der Waals surface area (Å²) in [4.78, 5) is 28.7. The van der Waals surface area contributed by atoms with E-state index in [1.165, 1.54) is 5.56 Å². The second-order valence-electron chi connectivity index (χ2n) is 6.90. The summed E-state index contributed by atoms with van der Waals surface area (Å²) in [5.41, 5.74) is 2.26. The topological polar surface area (TPSA) is 61.9 Å². The molecule has 2 amide bonds. The highest BCUT2D eigenvalue weighted by molar-refractivity contribution is 5.89. The summed E-state index contributed by atoms with van der Waals surface area (Å²) in [7, 11) is 0. The molecule has 1 aromatic rings. The van der Waals surface area contributed by atoms with Crippen LogP contribution in [-0.2, 0) is 20.9 Å². The first-order valence-corrected chi connectivity index (χ1v) is 9.03. The zero-order chi connectivity index (χ0) is 17.6. The lowest BCUT2D eigenvalue weighted by Crippen LogP contribution is -2.42. The number of aryl methyl sites for hydroxylation is 1. The molecule has 2 aliphatic heterocycles. The molecule has 6 nitrogen and oxygen atoms in total. The van der Waals surface area contributed by atoms with Crippen LogP contribution in [0.3, 0.4) is 0 Å².